The summed E-state index contributed by atoms with van der Waals surface area (Å²) < 4.78 is 5.51. The quantitative estimate of drug-likeness (QED) is 0.877. The Hall–Kier alpha value is -1.68. The predicted molar refractivity (Wildman–Crippen MR) is 87.3 cm³/mol. The monoisotopic (exact) mass is 303 g/mol. The zero-order chi connectivity index (χ0) is 15.2. The maximum absolute atomic E-state index is 11.9. The van der Waals surface area contributed by atoms with Crippen molar-refractivity contribution in [2.45, 2.75) is 32.6 Å². The second-order valence-electron chi connectivity index (χ2n) is 5.22. The molecule has 2 rings (SSSR count). The molecular formula is C17H21NO2S. The van der Waals surface area contributed by atoms with Crippen LogP contribution in [0.3, 0.4) is 0 Å². The molecule has 0 fully saturated rings. The zero-order valence-corrected chi connectivity index (χ0v) is 13.5. The third kappa shape index (κ3) is 4.97. The first-order valence-electron chi connectivity index (χ1n) is 7.03. The molecule has 1 heterocycles. The first-order valence-corrected chi connectivity index (χ1v) is 8.19. The predicted octanol–water partition coefficient (Wildman–Crippen LogP) is 4.01. The maximum Gasteiger partial charge on any atom is 0.230 e. The molecule has 0 saturated carbocycles. The number of rotatable bonds is 6. The standard InChI is InChI=1S/C17H21NO2S/c1-12-4-7-15(8-5-12)10-21-11-17(19)18-14(3)16-9-6-13(2)20-16/h4-9,14H,10-11H2,1-3H3,(H,18,19)/t14-/m1/s1. The number of hydrogen-bond donors (Lipinski definition) is 1. The van der Waals surface area contributed by atoms with Gasteiger partial charge in [0, 0.05) is 5.75 Å². The molecule has 0 unspecified atom stereocenters. The number of nitrogens with one attached hydrogen (secondary N) is 1. The van der Waals surface area contributed by atoms with Crippen LogP contribution in [-0.4, -0.2) is 11.7 Å². The van der Waals surface area contributed by atoms with E-state index in [0.717, 1.165) is 17.3 Å². The van der Waals surface area contributed by atoms with E-state index in [2.05, 4.69) is 36.5 Å². The van der Waals surface area contributed by atoms with Gasteiger partial charge in [0.15, 0.2) is 0 Å². The van der Waals surface area contributed by atoms with Crippen LogP contribution in [0.4, 0.5) is 0 Å². The van der Waals surface area contributed by atoms with E-state index in [1.807, 2.05) is 26.0 Å². The van der Waals surface area contributed by atoms with E-state index in [4.69, 9.17) is 4.42 Å². The summed E-state index contributed by atoms with van der Waals surface area (Å²) in [7, 11) is 0. The molecular weight excluding hydrogens is 282 g/mol. The molecule has 1 N–H and O–H groups in total. The van der Waals surface area contributed by atoms with Crippen molar-refractivity contribution >= 4 is 17.7 Å². The van der Waals surface area contributed by atoms with Gasteiger partial charge in [0.25, 0.3) is 0 Å². The second-order valence-corrected chi connectivity index (χ2v) is 6.20. The van der Waals surface area contributed by atoms with Crippen molar-refractivity contribution in [2.24, 2.45) is 0 Å². The minimum absolute atomic E-state index is 0.0358. The molecule has 1 aromatic carbocycles. The van der Waals surface area contributed by atoms with Crippen LogP contribution >= 0.6 is 11.8 Å². The van der Waals surface area contributed by atoms with Crippen molar-refractivity contribution in [2.75, 3.05) is 5.75 Å². The smallest absolute Gasteiger partial charge is 0.230 e. The molecule has 0 aliphatic carbocycles. The summed E-state index contributed by atoms with van der Waals surface area (Å²) in [6.07, 6.45) is 0. The van der Waals surface area contributed by atoms with Crippen molar-refractivity contribution in [3.63, 3.8) is 0 Å². The molecule has 0 bridgehead atoms. The summed E-state index contributed by atoms with van der Waals surface area (Å²) in [6, 6.07) is 12.1. The van der Waals surface area contributed by atoms with E-state index in [1.165, 1.54) is 11.1 Å². The van der Waals surface area contributed by atoms with Gasteiger partial charge in [-0.2, -0.15) is 0 Å². The summed E-state index contributed by atoms with van der Waals surface area (Å²) in [4.78, 5) is 11.9. The molecule has 1 amide bonds. The fourth-order valence-corrected chi connectivity index (χ4v) is 2.79. The SMILES string of the molecule is Cc1ccc(CSCC(=O)N[C@H](C)c2ccc(C)o2)cc1. The number of hydrogen-bond acceptors (Lipinski definition) is 3. The Kier molecular flexibility index (Phi) is 5.51. The summed E-state index contributed by atoms with van der Waals surface area (Å²) in [6.45, 7) is 5.90. The third-order valence-corrected chi connectivity index (χ3v) is 4.19. The van der Waals surface area contributed by atoms with Crippen LogP contribution in [-0.2, 0) is 10.5 Å². The summed E-state index contributed by atoms with van der Waals surface area (Å²) in [5.74, 6) is 3.00. The van der Waals surface area contributed by atoms with E-state index >= 15 is 0 Å². The average Bonchev–Trinajstić information content (AvgIpc) is 2.88. The van der Waals surface area contributed by atoms with Gasteiger partial charge in [-0.1, -0.05) is 29.8 Å². The zero-order valence-electron chi connectivity index (χ0n) is 12.7. The summed E-state index contributed by atoms with van der Waals surface area (Å²) in [5, 5.41) is 2.95. The molecule has 3 nitrogen and oxygen atoms in total. The molecule has 21 heavy (non-hydrogen) atoms. The topological polar surface area (TPSA) is 42.2 Å². The van der Waals surface area contributed by atoms with E-state index < -0.39 is 0 Å². The van der Waals surface area contributed by atoms with Gasteiger partial charge in [0.2, 0.25) is 5.91 Å². The number of furan rings is 1. The van der Waals surface area contributed by atoms with Gasteiger partial charge in [-0.3, -0.25) is 4.79 Å². The van der Waals surface area contributed by atoms with Crippen LogP contribution < -0.4 is 5.32 Å². The van der Waals surface area contributed by atoms with Crippen LogP contribution in [0, 0.1) is 13.8 Å². The summed E-state index contributed by atoms with van der Waals surface area (Å²) in [5.41, 5.74) is 2.50. The molecule has 1 aromatic heterocycles. The van der Waals surface area contributed by atoms with Crippen molar-refractivity contribution in [3.8, 4) is 0 Å². The number of benzene rings is 1. The Bertz CT molecular complexity index is 589. The minimum atomic E-state index is -0.0915. The highest BCUT2D eigenvalue weighted by Gasteiger charge is 2.12. The van der Waals surface area contributed by atoms with Gasteiger partial charge in [0.05, 0.1) is 11.8 Å². The largest absolute Gasteiger partial charge is 0.464 e. The Balaban J connectivity index is 1.73. The molecule has 0 saturated heterocycles. The lowest BCUT2D eigenvalue weighted by molar-refractivity contribution is -0.119. The van der Waals surface area contributed by atoms with Crippen LogP contribution in [0.2, 0.25) is 0 Å². The van der Waals surface area contributed by atoms with E-state index in [-0.39, 0.29) is 11.9 Å². The highest BCUT2D eigenvalue weighted by molar-refractivity contribution is 7.99. The highest BCUT2D eigenvalue weighted by Crippen LogP contribution is 2.17. The Labute approximate surface area is 130 Å². The van der Waals surface area contributed by atoms with Gasteiger partial charge < -0.3 is 9.73 Å². The van der Waals surface area contributed by atoms with Crippen LogP contribution in [0.25, 0.3) is 0 Å². The van der Waals surface area contributed by atoms with Crippen molar-refractivity contribution in [1.82, 2.24) is 5.32 Å². The highest BCUT2D eigenvalue weighted by atomic mass is 32.2. The molecule has 112 valence electrons. The molecule has 1 atom stereocenters. The van der Waals surface area contributed by atoms with E-state index in [0.29, 0.717) is 5.75 Å². The maximum atomic E-state index is 11.9. The lowest BCUT2D eigenvalue weighted by Crippen LogP contribution is -2.28. The van der Waals surface area contributed by atoms with E-state index in [9.17, 15) is 4.79 Å². The number of carbonyl (C=O) groups is 1. The normalized spacial score (nSPS) is 12.1. The van der Waals surface area contributed by atoms with Crippen molar-refractivity contribution < 1.29 is 9.21 Å². The molecule has 2 aromatic rings. The molecule has 0 aliphatic heterocycles. The molecule has 0 aliphatic rings. The van der Waals surface area contributed by atoms with Gasteiger partial charge in [-0.25, -0.2) is 0 Å². The van der Waals surface area contributed by atoms with Gasteiger partial charge in [-0.05, 0) is 38.5 Å². The Morgan fingerprint density at radius 1 is 1.19 bits per heavy atom. The first-order chi connectivity index (χ1) is 10.0. The number of aryl methyl sites for hydroxylation is 2. The van der Waals surface area contributed by atoms with Crippen molar-refractivity contribution in [1.29, 1.82) is 0 Å². The third-order valence-electron chi connectivity index (χ3n) is 3.19. The molecule has 4 heteroatoms. The first kappa shape index (κ1) is 15.7. The lowest BCUT2D eigenvalue weighted by Gasteiger charge is -2.11. The number of carbonyl (C=O) groups excluding carboxylic acids is 1. The number of amides is 1. The van der Waals surface area contributed by atoms with Crippen LogP contribution in [0.1, 0.15) is 35.6 Å². The Morgan fingerprint density at radius 2 is 1.90 bits per heavy atom. The van der Waals surface area contributed by atoms with Gasteiger partial charge >= 0.3 is 0 Å². The van der Waals surface area contributed by atoms with Gasteiger partial charge in [-0.15, -0.1) is 11.8 Å². The second kappa shape index (κ2) is 7.36. The van der Waals surface area contributed by atoms with E-state index in [1.54, 1.807) is 11.8 Å². The minimum Gasteiger partial charge on any atom is -0.464 e. The number of thioether (sulfide) groups is 1. The lowest BCUT2D eigenvalue weighted by atomic mass is 10.2. The fourth-order valence-electron chi connectivity index (χ4n) is 1.99. The fraction of sp³-hybridized carbons (Fsp3) is 0.353. The van der Waals surface area contributed by atoms with Crippen LogP contribution in [0.15, 0.2) is 40.8 Å². The molecule has 0 radical (unpaired) electrons. The molecule has 0 spiro atoms. The van der Waals surface area contributed by atoms with Crippen molar-refractivity contribution in [3.05, 3.63) is 59.0 Å². The Morgan fingerprint density at radius 3 is 2.52 bits per heavy atom. The van der Waals surface area contributed by atoms with Crippen LogP contribution in [0.5, 0.6) is 0 Å². The average molecular weight is 303 g/mol. The van der Waals surface area contributed by atoms with Gasteiger partial charge in [0.1, 0.15) is 11.5 Å². The summed E-state index contributed by atoms with van der Waals surface area (Å²) >= 11 is 1.62.